The standard InChI is InChI=1S/C21H24ClFN6O2S/c1-21(2,3)31-20(30)28-5-4-12(10-28)7-24-18-16(23)9-25-17(27-18)15-11-29(32)19-14(15)6-13(22)8-26-19/h6,8-9,11-12,32H,4-5,7,10H2,1-3H3,(H,24,25,27). The Morgan fingerprint density at radius 1 is 1.38 bits per heavy atom. The van der Waals surface area contributed by atoms with Crippen molar-refractivity contribution in [2.45, 2.75) is 32.8 Å². The number of nitrogens with one attached hydrogen (secondary N) is 1. The minimum Gasteiger partial charge on any atom is -0.444 e. The Morgan fingerprint density at radius 2 is 2.16 bits per heavy atom. The second-order valence-electron chi connectivity index (χ2n) is 8.76. The van der Waals surface area contributed by atoms with Crippen molar-refractivity contribution in [3.05, 3.63) is 35.5 Å². The molecule has 0 radical (unpaired) electrons. The average Bonchev–Trinajstić information content (AvgIpc) is 3.31. The van der Waals surface area contributed by atoms with Crippen LogP contribution in [-0.2, 0) is 4.74 Å². The lowest BCUT2D eigenvalue weighted by molar-refractivity contribution is 0.0289. The number of ether oxygens (including phenoxy) is 1. The van der Waals surface area contributed by atoms with Gasteiger partial charge in [-0.05, 0) is 39.2 Å². The van der Waals surface area contributed by atoms with Crippen LogP contribution in [0.25, 0.3) is 22.4 Å². The van der Waals surface area contributed by atoms with Gasteiger partial charge < -0.3 is 15.0 Å². The molecular weight excluding hydrogens is 455 g/mol. The Balaban J connectivity index is 1.47. The van der Waals surface area contributed by atoms with Crippen LogP contribution < -0.4 is 5.32 Å². The number of aromatic nitrogens is 4. The van der Waals surface area contributed by atoms with Crippen LogP contribution in [-0.4, -0.2) is 55.2 Å². The van der Waals surface area contributed by atoms with Gasteiger partial charge in [-0.2, -0.15) is 0 Å². The van der Waals surface area contributed by atoms with Crippen molar-refractivity contribution in [2.24, 2.45) is 5.92 Å². The Hall–Kier alpha value is -2.59. The smallest absolute Gasteiger partial charge is 0.410 e. The molecule has 1 saturated heterocycles. The molecular formula is C21H24ClFN6O2S. The summed E-state index contributed by atoms with van der Waals surface area (Å²) in [6.07, 6.45) is 4.84. The van der Waals surface area contributed by atoms with E-state index in [1.807, 2.05) is 20.8 Å². The Morgan fingerprint density at radius 3 is 2.91 bits per heavy atom. The van der Waals surface area contributed by atoms with Gasteiger partial charge in [-0.3, -0.25) is 3.97 Å². The van der Waals surface area contributed by atoms with Crippen LogP contribution in [0.5, 0.6) is 0 Å². The van der Waals surface area contributed by atoms with Crippen molar-refractivity contribution in [2.75, 3.05) is 25.0 Å². The van der Waals surface area contributed by atoms with E-state index in [1.165, 1.54) is 6.20 Å². The van der Waals surface area contributed by atoms with E-state index in [-0.39, 0.29) is 17.8 Å². The number of amides is 1. The van der Waals surface area contributed by atoms with Gasteiger partial charge in [0.25, 0.3) is 0 Å². The third-order valence-corrected chi connectivity index (χ3v) is 5.58. The average molecular weight is 479 g/mol. The fourth-order valence-electron chi connectivity index (χ4n) is 3.60. The molecule has 3 aromatic rings. The minimum absolute atomic E-state index is 0.0979. The molecule has 1 N–H and O–H groups in total. The van der Waals surface area contributed by atoms with Gasteiger partial charge in [0.05, 0.1) is 11.2 Å². The minimum atomic E-state index is -0.554. The summed E-state index contributed by atoms with van der Waals surface area (Å²) < 4.78 is 21.4. The molecule has 0 bridgehead atoms. The van der Waals surface area contributed by atoms with Crippen LogP contribution in [0.15, 0.2) is 24.7 Å². The van der Waals surface area contributed by atoms with Gasteiger partial charge in [0.1, 0.15) is 5.60 Å². The summed E-state index contributed by atoms with van der Waals surface area (Å²) in [6, 6.07) is 1.75. The molecule has 4 heterocycles. The molecule has 1 aliphatic rings. The molecule has 3 aromatic heterocycles. The second-order valence-corrected chi connectivity index (χ2v) is 9.63. The van der Waals surface area contributed by atoms with Crippen LogP contribution in [0.4, 0.5) is 15.0 Å². The first-order chi connectivity index (χ1) is 15.1. The number of hydrogen-bond acceptors (Lipinski definition) is 7. The third kappa shape index (κ3) is 4.91. The number of halogens is 2. The number of rotatable bonds is 4. The lowest BCUT2D eigenvalue weighted by atomic mass is 10.1. The van der Waals surface area contributed by atoms with Crippen LogP contribution in [0.1, 0.15) is 27.2 Å². The monoisotopic (exact) mass is 478 g/mol. The molecule has 4 rings (SSSR count). The van der Waals surface area contributed by atoms with Crippen LogP contribution in [0.2, 0.25) is 5.02 Å². The van der Waals surface area contributed by atoms with Gasteiger partial charge >= 0.3 is 6.09 Å². The first kappa shape index (κ1) is 22.6. The lowest BCUT2D eigenvalue weighted by Gasteiger charge is -2.24. The molecule has 1 aliphatic heterocycles. The fraction of sp³-hybridized carbons (Fsp3) is 0.429. The molecule has 32 heavy (non-hydrogen) atoms. The number of nitrogens with zero attached hydrogens (tertiary/aromatic N) is 5. The van der Waals surface area contributed by atoms with Crippen molar-refractivity contribution >= 4 is 47.4 Å². The van der Waals surface area contributed by atoms with E-state index >= 15 is 0 Å². The zero-order chi connectivity index (χ0) is 23.0. The van der Waals surface area contributed by atoms with Crippen LogP contribution in [0.3, 0.4) is 0 Å². The van der Waals surface area contributed by atoms with E-state index in [4.69, 9.17) is 16.3 Å². The molecule has 170 valence electrons. The quantitative estimate of drug-likeness (QED) is 0.531. The summed E-state index contributed by atoms with van der Waals surface area (Å²) in [6.45, 7) is 7.13. The highest BCUT2D eigenvalue weighted by Crippen LogP contribution is 2.31. The highest BCUT2D eigenvalue weighted by atomic mass is 35.5. The van der Waals surface area contributed by atoms with E-state index in [1.54, 1.807) is 21.1 Å². The van der Waals surface area contributed by atoms with Gasteiger partial charge in [0.2, 0.25) is 0 Å². The number of fused-ring (bicyclic) bond motifs is 1. The molecule has 1 fully saturated rings. The maximum Gasteiger partial charge on any atom is 0.410 e. The molecule has 1 amide bonds. The van der Waals surface area contributed by atoms with Crippen molar-refractivity contribution in [3.63, 3.8) is 0 Å². The Bertz CT molecular complexity index is 1170. The van der Waals surface area contributed by atoms with Crippen LogP contribution in [0, 0.1) is 11.7 Å². The van der Waals surface area contributed by atoms with Gasteiger partial charge in [-0.1, -0.05) is 24.4 Å². The summed E-state index contributed by atoms with van der Waals surface area (Å²) in [5, 5.41) is 4.25. The molecule has 0 spiro atoms. The number of thiol groups is 1. The molecule has 11 heteroatoms. The number of anilines is 1. The predicted octanol–water partition coefficient (Wildman–Crippen LogP) is 4.65. The fourth-order valence-corrected chi connectivity index (χ4v) is 4.03. The predicted molar refractivity (Wildman–Crippen MR) is 125 cm³/mol. The first-order valence-corrected chi connectivity index (χ1v) is 11.0. The number of carbonyl (C=O) groups excluding carboxylic acids is 1. The summed E-state index contributed by atoms with van der Waals surface area (Å²) in [7, 11) is 0. The topological polar surface area (TPSA) is 85.2 Å². The first-order valence-electron chi connectivity index (χ1n) is 10.2. The summed E-state index contributed by atoms with van der Waals surface area (Å²) in [4.78, 5) is 26.7. The van der Waals surface area contributed by atoms with Crippen molar-refractivity contribution < 1.29 is 13.9 Å². The number of likely N-dealkylation sites (tertiary alicyclic amines) is 1. The van der Waals surface area contributed by atoms with E-state index < -0.39 is 11.4 Å². The highest BCUT2D eigenvalue weighted by Gasteiger charge is 2.30. The molecule has 0 aliphatic carbocycles. The lowest BCUT2D eigenvalue weighted by Crippen LogP contribution is -2.35. The normalized spacial score (nSPS) is 16.6. The van der Waals surface area contributed by atoms with Gasteiger partial charge in [-0.25, -0.2) is 24.1 Å². The third-order valence-electron chi connectivity index (χ3n) is 5.07. The van der Waals surface area contributed by atoms with Gasteiger partial charge in [-0.15, -0.1) is 0 Å². The summed E-state index contributed by atoms with van der Waals surface area (Å²) in [5.41, 5.74) is 0.706. The highest BCUT2D eigenvalue weighted by molar-refractivity contribution is 7.78. The molecule has 8 nitrogen and oxygen atoms in total. The van der Waals surface area contributed by atoms with Crippen LogP contribution >= 0.6 is 24.4 Å². The number of hydrogen-bond donors (Lipinski definition) is 2. The van der Waals surface area contributed by atoms with E-state index in [0.29, 0.717) is 47.1 Å². The van der Waals surface area contributed by atoms with Crippen molar-refractivity contribution in [1.82, 2.24) is 23.8 Å². The Labute approximate surface area is 195 Å². The van der Waals surface area contributed by atoms with Gasteiger partial charge in [0.15, 0.2) is 23.1 Å². The molecule has 1 atom stereocenters. The molecule has 0 saturated carbocycles. The number of carbonyl (C=O) groups is 1. The maximum atomic E-state index is 14.4. The van der Waals surface area contributed by atoms with Gasteiger partial charge in [0, 0.05) is 43.0 Å². The van der Waals surface area contributed by atoms with E-state index in [0.717, 1.165) is 12.6 Å². The Kier molecular flexibility index (Phi) is 6.17. The second kappa shape index (κ2) is 8.74. The van der Waals surface area contributed by atoms with Crippen molar-refractivity contribution in [3.8, 4) is 11.4 Å². The molecule has 1 unspecified atom stereocenters. The van der Waals surface area contributed by atoms with E-state index in [2.05, 4.69) is 33.1 Å². The molecule has 0 aromatic carbocycles. The maximum absolute atomic E-state index is 14.4. The zero-order valence-electron chi connectivity index (χ0n) is 18.0. The summed E-state index contributed by atoms with van der Waals surface area (Å²) >= 11 is 10.5. The van der Waals surface area contributed by atoms with E-state index in [9.17, 15) is 9.18 Å². The number of pyridine rings is 1. The summed E-state index contributed by atoms with van der Waals surface area (Å²) in [5.74, 6) is 0.0301. The zero-order valence-corrected chi connectivity index (χ0v) is 19.6. The largest absolute Gasteiger partial charge is 0.444 e. The van der Waals surface area contributed by atoms with Crippen molar-refractivity contribution in [1.29, 1.82) is 0 Å². The SMILES string of the molecule is CC(C)(C)OC(=O)N1CCC(CNc2nc(-c3cn(S)c4ncc(Cl)cc34)ncc2F)C1.